The number of hydrogen-bond acceptors (Lipinski definition) is 3. The SMILES string of the molecule is CCc1nn(-c2ccc(OCc3ccccc3)cc2)c2ncccc12. The Morgan fingerprint density at radius 1 is 0.920 bits per heavy atom. The first-order chi connectivity index (χ1) is 12.3. The zero-order valence-corrected chi connectivity index (χ0v) is 14.1. The van der Waals surface area contributed by atoms with Crippen molar-refractivity contribution in [3.8, 4) is 11.4 Å². The molecule has 0 atom stereocenters. The van der Waals surface area contributed by atoms with E-state index in [1.807, 2.05) is 53.2 Å². The summed E-state index contributed by atoms with van der Waals surface area (Å²) in [5.74, 6) is 0.840. The summed E-state index contributed by atoms with van der Waals surface area (Å²) >= 11 is 0. The molecular weight excluding hydrogens is 310 g/mol. The Labute approximate surface area is 146 Å². The Balaban J connectivity index is 1.58. The highest BCUT2D eigenvalue weighted by Crippen LogP contribution is 2.22. The van der Waals surface area contributed by atoms with Gasteiger partial charge in [-0.05, 0) is 48.4 Å². The molecule has 2 heterocycles. The lowest BCUT2D eigenvalue weighted by atomic mass is 10.2. The van der Waals surface area contributed by atoms with Crippen molar-refractivity contribution >= 4 is 11.0 Å². The largest absolute Gasteiger partial charge is 0.489 e. The summed E-state index contributed by atoms with van der Waals surface area (Å²) in [7, 11) is 0. The molecule has 0 spiro atoms. The molecule has 0 saturated carbocycles. The van der Waals surface area contributed by atoms with Crippen LogP contribution in [-0.2, 0) is 13.0 Å². The minimum Gasteiger partial charge on any atom is -0.489 e. The van der Waals surface area contributed by atoms with Crippen LogP contribution in [0.15, 0.2) is 72.9 Å². The van der Waals surface area contributed by atoms with Crippen molar-refractivity contribution in [3.05, 3.63) is 84.2 Å². The topological polar surface area (TPSA) is 39.9 Å². The molecule has 2 aromatic heterocycles. The molecule has 4 aromatic rings. The molecule has 0 aliphatic heterocycles. The molecule has 0 fully saturated rings. The van der Waals surface area contributed by atoms with Gasteiger partial charge >= 0.3 is 0 Å². The van der Waals surface area contributed by atoms with Crippen LogP contribution in [0.4, 0.5) is 0 Å². The number of aryl methyl sites for hydroxylation is 1. The van der Waals surface area contributed by atoms with Gasteiger partial charge in [0, 0.05) is 11.6 Å². The Morgan fingerprint density at radius 3 is 2.48 bits per heavy atom. The van der Waals surface area contributed by atoms with Crippen molar-refractivity contribution in [1.82, 2.24) is 14.8 Å². The smallest absolute Gasteiger partial charge is 0.163 e. The molecule has 0 aliphatic carbocycles. The van der Waals surface area contributed by atoms with E-state index in [4.69, 9.17) is 9.84 Å². The summed E-state index contributed by atoms with van der Waals surface area (Å²) in [6.45, 7) is 2.67. The molecule has 0 saturated heterocycles. The quantitative estimate of drug-likeness (QED) is 0.539. The number of ether oxygens (including phenoxy) is 1. The Morgan fingerprint density at radius 2 is 1.72 bits per heavy atom. The van der Waals surface area contributed by atoms with Crippen molar-refractivity contribution in [3.63, 3.8) is 0 Å². The number of benzene rings is 2. The third-order valence-corrected chi connectivity index (χ3v) is 4.18. The van der Waals surface area contributed by atoms with Gasteiger partial charge in [0.25, 0.3) is 0 Å². The first-order valence-corrected chi connectivity index (χ1v) is 8.45. The van der Waals surface area contributed by atoms with Crippen molar-refractivity contribution in [1.29, 1.82) is 0 Å². The first-order valence-electron chi connectivity index (χ1n) is 8.45. The predicted molar refractivity (Wildman–Crippen MR) is 99.0 cm³/mol. The predicted octanol–water partition coefficient (Wildman–Crippen LogP) is 4.56. The van der Waals surface area contributed by atoms with Crippen LogP contribution < -0.4 is 4.74 Å². The normalized spacial score (nSPS) is 10.9. The summed E-state index contributed by atoms with van der Waals surface area (Å²) in [5.41, 5.74) is 4.08. The van der Waals surface area contributed by atoms with E-state index in [1.165, 1.54) is 0 Å². The fourth-order valence-electron chi connectivity index (χ4n) is 2.88. The molecule has 4 heteroatoms. The fraction of sp³-hybridized carbons (Fsp3) is 0.143. The highest BCUT2D eigenvalue weighted by Gasteiger charge is 2.11. The van der Waals surface area contributed by atoms with Gasteiger partial charge in [0.2, 0.25) is 0 Å². The number of aromatic nitrogens is 3. The lowest BCUT2D eigenvalue weighted by molar-refractivity contribution is 0.306. The van der Waals surface area contributed by atoms with E-state index < -0.39 is 0 Å². The lowest BCUT2D eigenvalue weighted by Gasteiger charge is -2.08. The molecular formula is C21H19N3O. The molecule has 0 radical (unpaired) electrons. The lowest BCUT2D eigenvalue weighted by Crippen LogP contribution is -1.99. The molecule has 124 valence electrons. The Bertz CT molecular complexity index is 975. The Kier molecular flexibility index (Phi) is 4.17. The first kappa shape index (κ1) is 15.4. The van der Waals surface area contributed by atoms with Gasteiger partial charge in [-0.25, -0.2) is 9.67 Å². The maximum atomic E-state index is 5.85. The minimum atomic E-state index is 0.562. The fourth-order valence-corrected chi connectivity index (χ4v) is 2.88. The molecule has 0 unspecified atom stereocenters. The van der Waals surface area contributed by atoms with Gasteiger partial charge in [0.05, 0.1) is 11.4 Å². The standard InChI is InChI=1S/C21H19N3O/c1-2-20-19-9-6-14-22-21(19)24(23-20)17-10-12-18(13-11-17)25-15-16-7-4-3-5-8-16/h3-14H,2,15H2,1H3. The summed E-state index contributed by atoms with van der Waals surface area (Å²) in [6, 6.07) is 22.2. The summed E-state index contributed by atoms with van der Waals surface area (Å²) in [4.78, 5) is 4.49. The molecule has 0 N–H and O–H groups in total. The van der Waals surface area contributed by atoms with Gasteiger partial charge < -0.3 is 4.74 Å². The number of pyridine rings is 1. The van der Waals surface area contributed by atoms with Crippen LogP contribution in [0, 0.1) is 0 Å². The summed E-state index contributed by atoms with van der Waals surface area (Å²) in [5, 5.41) is 5.82. The third-order valence-electron chi connectivity index (χ3n) is 4.18. The van der Waals surface area contributed by atoms with Crippen molar-refractivity contribution in [2.24, 2.45) is 0 Å². The van der Waals surface area contributed by atoms with E-state index in [0.717, 1.165) is 40.1 Å². The van der Waals surface area contributed by atoms with Gasteiger partial charge in [-0.15, -0.1) is 0 Å². The maximum absolute atomic E-state index is 5.85. The van der Waals surface area contributed by atoms with E-state index in [9.17, 15) is 0 Å². The third kappa shape index (κ3) is 3.11. The van der Waals surface area contributed by atoms with Gasteiger partial charge in [-0.1, -0.05) is 37.3 Å². The highest BCUT2D eigenvalue weighted by molar-refractivity contribution is 5.79. The second-order valence-electron chi connectivity index (χ2n) is 5.85. The van der Waals surface area contributed by atoms with E-state index in [1.54, 1.807) is 6.20 Å². The molecule has 0 aliphatic rings. The zero-order chi connectivity index (χ0) is 17.1. The van der Waals surface area contributed by atoms with E-state index in [0.29, 0.717) is 6.61 Å². The van der Waals surface area contributed by atoms with Crippen LogP contribution in [0.1, 0.15) is 18.2 Å². The van der Waals surface area contributed by atoms with Crippen LogP contribution in [0.2, 0.25) is 0 Å². The van der Waals surface area contributed by atoms with Crippen molar-refractivity contribution < 1.29 is 4.74 Å². The van der Waals surface area contributed by atoms with E-state index >= 15 is 0 Å². The Hall–Kier alpha value is -3.14. The summed E-state index contributed by atoms with van der Waals surface area (Å²) in [6.07, 6.45) is 2.69. The number of hydrogen-bond donors (Lipinski definition) is 0. The molecule has 25 heavy (non-hydrogen) atoms. The van der Waals surface area contributed by atoms with E-state index in [2.05, 4.69) is 30.1 Å². The highest BCUT2D eigenvalue weighted by atomic mass is 16.5. The van der Waals surface area contributed by atoms with Crippen LogP contribution in [-0.4, -0.2) is 14.8 Å². The van der Waals surface area contributed by atoms with Gasteiger partial charge in [-0.2, -0.15) is 5.10 Å². The van der Waals surface area contributed by atoms with Crippen molar-refractivity contribution in [2.75, 3.05) is 0 Å². The van der Waals surface area contributed by atoms with Crippen LogP contribution in [0.5, 0.6) is 5.75 Å². The van der Waals surface area contributed by atoms with Crippen LogP contribution in [0.3, 0.4) is 0 Å². The van der Waals surface area contributed by atoms with Crippen molar-refractivity contribution in [2.45, 2.75) is 20.0 Å². The van der Waals surface area contributed by atoms with Crippen LogP contribution >= 0.6 is 0 Å². The van der Waals surface area contributed by atoms with E-state index in [-0.39, 0.29) is 0 Å². The molecule has 4 nitrogen and oxygen atoms in total. The number of fused-ring (bicyclic) bond motifs is 1. The summed E-state index contributed by atoms with van der Waals surface area (Å²) < 4.78 is 7.75. The average Bonchev–Trinajstić information content (AvgIpc) is 3.06. The molecule has 4 rings (SSSR count). The second-order valence-corrected chi connectivity index (χ2v) is 5.85. The van der Waals surface area contributed by atoms with Gasteiger partial charge in [0.1, 0.15) is 12.4 Å². The number of nitrogens with zero attached hydrogens (tertiary/aromatic N) is 3. The van der Waals surface area contributed by atoms with Crippen LogP contribution in [0.25, 0.3) is 16.7 Å². The average molecular weight is 329 g/mol. The minimum absolute atomic E-state index is 0.562. The zero-order valence-electron chi connectivity index (χ0n) is 14.1. The number of rotatable bonds is 5. The van der Waals surface area contributed by atoms with Gasteiger partial charge in [-0.3, -0.25) is 0 Å². The monoisotopic (exact) mass is 329 g/mol. The molecule has 0 bridgehead atoms. The molecule has 0 amide bonds. The second kappa shape index (κ2) is 6.77. The van der Waals surface area contributed by atoms with Gasteiger partial charge in [0.15, 0.2) is 5.65 Å². The maximum Gasteiger partial charge on any atom is 0.163 e. The molecule has 2 aromatic carbocycles.